The van der Waals surface area contributed by atoms with E-state index in [-0.39, 0.29) is 0 Å². The van der Waals surface area contributed by atoms with Gasteiger partial charge in [-0.05, 0) is 29.5 Å². The van der Waals surface area contributed by atoms with Crippen LogP contribution in [0.4, 0.5) is 0 Å². The molecule has 1 N–H and O–H groups in total. The number of thiophene rings is 1. The molecule has 0 saturated heterocycles. The second-order valence-electron chi connectivity index (χ2n) is 2.06. The summed E-state index contributed by atoms with van der Waals surface area (Å²) in [5, 5.41) is 10.3. The minimum absolute atomic E-state index is 0.681. The van der Waals surface area contributed by atoms with Crippen molar-refractivity contribution < 1.29 is 9.90 Å². The smallest absolute Gasteiger partial charge is 0.160 e. The number of aliphatic hydroxyl groups excluding tert-OH is 1. The average Bonchev–Trinajstić information content (AvgIpc) is 2.48. The van der Waals surface area contributed by atoms with Crippen molar-refractivity contribution in [3.05, 3.63) is 34.2 Å². The van der Waals surface area contributed by atoms with Crippen molar-refractivity contribution in [2.75, 3.05) is 0 Å². The molecule has 1 heterocycles. The van der Waals surface area contributed by atoms with Gasteiger partial charge in [0.1, 0.15) is 0 Å². The Hall–Kier alpha value is -1.09. The zero-order chi connectivity index (χ0) is 8.10. The van der Waals surface area contributed by atoms with E-state index in [0.29, 0.717) is 6.42 Å². The van der Waals surface area contributed by atoms with Crippen molar-refractivity contribution >= 4 is 17.6 Å². The Labute approximate surface area is 68.8 Å². The van der Waals surface area contributed by atoms with Crippen molar-refractivity contribution in [3.8, 4) is 0 Å². The summed E-state index contributed by atoms with van der Waals surface area (Å²) in [6.45, 7) is 0. The molecule has 3 heteroatoms. The number of carbonyl (C=O) groups excluding carboxylic acids is 1. The Morgan fingerprint density at radius 2 is 2.45 bits per heavy atom. The summed E-state index contributed by atoms with van der Waals surface area (Å²) in [6.07, 6.45) is 4.16. The molecule has 0 aromatic carbocycles. The lowest BCUT2D eigenvalue weighted by molar-refractivity contribution is 0.112. The van der Waals surface area contributed by atoms with E-state index in [0.717, 1.165) is 23.0 Å². The van der Waals surface area contributed by atoms with Crippen molar-refractivity contribution in [2.45, 2.75) is 6.42 Å². The van der Waals surface area contributed by atoms with Crippen LogP contribution < -0.4 is 0 Å². The normalized spacial score (nSPS) is 10.5. The summed E-state index contributed by atoms with van der Waals surface area (Å²) in [5.41, 5.74) is 1.06. The predicted octanol–water partition coefficient (Wildman–Crippen LogP) is 2.17. The number of hydrogen-bond donors (Lipinski definition) is 1. The van der Waals surface area contributed by atoms with Gasteiger partial charge in [-0.3, -0.25) is 4.79 Å². The van der Waals surface area contributed by atoms with Crippen LogP contribution in [0.15, 0.2) is 23.8 Å². The first-order valence-electron chi connectivity index (χ1n) is 3.18. The third kappa shape index (κ3) is 2.20. The fourth-order valence-electron chi connectivity index (χ4n) is 0.752. The molecule has 0 aliphatic heterocycles. The first-order valence-corrected chi connectivity index (χ1v) is 4.06. The highest BCUT2D eigenvalue weighted by Crippen LogP contribution is 2.12. The average molecular weight is 168 g/mol. The van der Waals surface area contributed by atoms with Crippen molar-refractivity contribution in [1.82, 2.24) is 0 Å². The van der Waals surface area contributed by atoms with E-state index in [1.807, 2.05) is 11.4 Å². The molecule has 0 unspecified atom stereocenters. The van der Waals surface area contributed by atoms with Crippen LogP contribution in [0.1, 0.15) is 15.2 Å². The van der Waals surface area contributed by atoms with Crippen LogP contribution in [-0.2, 0) is 6.42 Å². The van der Waals surface area contributed by atoms with E-state index in [1.54, 1.807) is 6.08 Å². The molecule has 0 amide bonds. The molecule has 0 aliphatic carbocycles. The van der Waals surface area contributed by atoms with Gasteiger partial charge < -0.3 is 5.11 Å². The Bertz CT molecular complexity index is 263. The summed E-state index contributed by atoms with van der Waals surface area (Å²) in [4.78, 5) is 11.0. The summed E-state index contributed by atoms with van der Waals surface area (Å²) in [6, 6.07) is 1.82. The molecular weight excluding hydrogens is 160 g/mol. The van der Waals surface area contributed by atoms with E-state index in [9.17, 15) is 4.79 Å². The maximum atomic E-state index is 10.2. The first-order chi connectivity index (χ1) is 5.36. The summed E-state index contributed by atoms with van der Waals surface area (Å²) in [5.74, 6) is 0. The molecule has 2 nitrogen and oxygen atoms in total. The number of aldehydes is 1. The lowest BCUT2D eigenvalue weighted by Crippen LogP contribution is -1.74. The van der Waals surface area contributed by atoms with Crippen LogP contribution in [0.25, 0.3) is 0 Å². The minimum atomic E-state index is 0.681. The highest BCUT2D eigenvalue weighted by molar-refractivity contribution is 7.11. The topological polar surface area (TPSA) is 37.3 Å². The first kappa shape index (κ1) is 8.01. The number of aliphatic hydroxyl groups is 1. The third-order valence-corrected chi connectivity index (χ3v) is 2.16. The molecule has 0 aliphatic rings. The Morgan fingerprint density at radius 1 is 1.64 bits per heavy atom. The largest absolute Gasteiger partial charge is 0.516 e. The molecule has 0 spiro atoms. The van der Waals surface area contributed by atoms with Crippen LogP contribution in [0.2, 0.25) is 0 Å². The zero-order valence-electron chi connectivity index (χ0n) is 5.86. The maximum absolute atomic E-state index is 10.2. The van der Waals surface area contributed by atoms with E-state index in [1.165, 1.54) is 11.3 Å². The molecule has 1 rings (SSSR count). The van der Waals surface area contributed by atoms with Crippen molar-refractivity contribution in [3.63, 3.8) is 0 Å². The SMILES string of the molecule is O=Cc1cc(C/C=C/O)cs1. The quantitative estimate of drug-likeness (QED) is 0.554. The summed E-state index contributed by atoms with van der Waals surface area (Å²) >= 11 is 1.42. The van der Waals surface area contributed by atoms with Gasteiger partial charge in [-0.15, -0.1) is 11.3 Å². The summed E-state index contributed by atoms with van der Waals surface area (Å²) < 4.78 is 0. The molecule has 58 valence electrons. The molecule has 0 fully saturated rings. The van der Waals surface area contributed by atoms with Crippen LogP contribution in [0.3, 0.4) is 0 Å². The molecule has 1 aromatic rings. The number of rotatable bonds is 3. The van der Waals surface area contributed by atoms with Crippen LogP contribution in [0.5, 0.6) is 0 Å². The monoisotopic (exact) mass is 168 g/mol. The molecular formula is C8H8O2S. The second-order valence-corrected chi connectivity index (χ2v) is 3.01. The van der Waals surface area contributed by atoms with E-state index in [2.05, 4.69) is 0 Å². The van der Waals surface area contributed by atoms with E-state index in [4.69, 9.17) is 5.11 Å². The second kappa shape index (κ2) is 3.93. The summed E-state index contributed by atoms with van der Waals surface area (Å²) in [7, 11) is 0. The molecule has 0 bridgehead atoms. The maximum Gasteiger partial charge on any atom is 0.160 e. The van der Waals surface area contributed by atoms with Crippen LogP contribution in [-0.4, -0.2) is 11.4 Å². The van der Waals surface area contributed by atoms with Gasteiger partial charge in [0.15, 0.2) is 6.29 Å². The van der Waals surface area contributed by atoms with Gasteiger partial charge in [0, 0.05) is 0 Å². The Morgan fingerprint density at radius 3 is 3.00 bits per heavy atom. The van der Waals surface area contributed by atoms with Crippen molar-refractivity contribution in [1.29, 1.82) is 0 Å². The third-order valence-electron chi connectivity index (χ3n) is 1.25. The lowest BCUT2D eigenvalue weighted by atomic mass is 10.2. The van der Waals surface area contributed by atoms with Crippen LogP contribution in [0, 0.1) is 0 Å². The number of carbonyl (C=O) groups is 1. The van der Waals surface area contributed by atoms with Gasteiger partial charge in [0.2, 0.25) is 0 Å². The fraction of sp³-hybridized carbons (Fsp3) is 0.125. The Kier molecular flexibility index (Phi) is 2.86. The van der Waals surface area contributed by atoms with Gasteiger partial charge in [-0.25, -0.2) is 0 Å². The van der Waals surface area contributed by atoms with Crippen LogP contribution >= 0.6 is 11.3 Å². The fourth-order valence-corrected chi connectivity index (χ4v) is 1.48. The van der Waals surface area contributed by atoms with E-state index >= 15 is 0 Å². The van der Waals surface area contributed by atoms with Gasteiger partial charge in [0.25, 0.3) is 0 Å². The predicted molar refractivity (Wildman–Crippen MR) is 45.2 cm³/mol. The van der Waals surface area contributed by atoms with E-state index < -0.39 is 0 Å². The standard InChI is InChI=1S/C8H8O2S/c9-3-1-2-7-4-8(5-10)11-6-7/h1,3-6,9H,2H2/b3-1+. The number of allylic oxidation sites excluding steroid dienone is 1. The zero-order valence-corrected chi connectivity index (χ0v) is 6.67. The van der Waals surface area contributed by atoms with Gasteiger partial charge >= 0.3 is 0 Å². The number of hydrogen-bond acceptors (Lipinski definition) is 3. The van der Waals surface area contributed by atoms with Gasteiger partial charge in [0.05, 0.1) is 11.1 Å². The minimum Gasteiger partial charge on any atom is -0.516 e. The molecule has 0 radical (unpaired) electrons. The molecule has 0 atom stereocenters. The van der Waals surface area contributed by atoms with Crippen molar-refractivity contribution in [2.24, 2.45) is 0 Å². The van der Waals surface area contributed by atoms with Gasteiger partial charge in [-0.1, -0.05) is 0 Å². The molecule has 11 heavy (non-hydrogen) atoms. The van der Waals surface area contributed by atoms with Gasteiger partial charge in [-0.2, -0.15) is 0 Å². The molecule has 1 aromatic heterocycles. The Balaban J connectivity index is 2.65. The highest BCUT2D eigenvalue weighted by atomic mass is 32.1. The molecule has 0 saturated carbocycles. The lowest BCUT2D eigenvalue weighted by Gasteiger charge is -1.83. The highest BCUT2D eigenvalue weighted by Gasteiger charge is 1.95.